The van der Waals surface area contributed by atoms with Gasteiger partial charge in [-0.05, 0) is 34.5 Å². The minimum absolute atomic E-state index is 0.471. The Hall–Kier alpha value is -1.01. The number of para-hydroxylation sites is 1. The summed E-state index contributed by atoms with van der Waals surface area (Å²) in [5, 5.41) is 4.59. The van der Waals surface area contributed by atoms with Gasteiger partial charge in [-0.15, -0.1) is 0 Å². The highest BCUT2D eigenvalue weighted by atomic mass is 79.9. The lowest BCUT2D eigenvalue weighted by molar-refractivity contribution is 0.425. The summed E-state index contributed by atoms with van der Waals surface area (Å²) in [6.07, 6.45) is 1.13. The van der Waals surface area contributed by atoms with Crippen LogP contribution in [-0.4, -0.2) is 15.4 Å². The van der Waals surface area contributed by atoms with Crippen molar-refractivity contribution in [2.75, 3.05) is 5.73 Å². The van der Waals surface area contributed by atoms with Crippen LogP contribution in [0.25, 0.3) is 11.5 Å². The average Bonchev–Trinajstić information content (AvgIpc) is 2.87. The average molecular weight is 342 g/mol. The van der Waals surface area contributed by atoms with Gasteiger partial charge in [-0.1, -0.05) is 25.1 Å². The molecule has 4 nitrogen and oxygen atoms in total. The van der Waals surface area contributed by atoms with Crippen molar-refractivity contribution in [2.24, 2.45) is 0 Å². The monoisotopic (exact) mass is 341 g/mol. The van der Waals surface area contributed by atoms with Gasteiger partial charge in [0.1, 0.15) is 0 Å². The quantitative estimate of drug-likeness (QED) is 0.829. The fourth-order valence-corrected chi connectivity index (χ4v) is 2.63. The molecule has 0 radical (unpaired) electrons. The van der Waals surface area contributed by atoms with Crippen LogP contribution in [0.3, 0.4) is 0 Å². The second-order valence-electron chi connectivity index (χ2n) is 4.25. The second-order valence-corrected chi connectivity index (χ2v) is 6.53. The molecule has 1 atom stereocenters. The van der Waals surface area contributed by atoms with E-state index >= 15 is 0 Å². The SMILES string of the molecule is CCC(C)SCc1noc(-c2cccc(Br)c2N)n1. The standard InChI is InChI=1S/C13H16BrN3OS/c1-3-8(2)19-7-11-16-13(18-17-11)9-5-4-6-10(14)12(9)15/h4-6,8H,3,7,15H2,1-2H3. The Balaban J connectivity index is 2.14. The predicted octanol–water partition coefficient (Wildman–Crippen LogP) is 4.11. The number of benzene rings is 1. The highest BCUT2D eigenvalue weighted by Gasteiger charge is 2.13. The van der Waals surface area contributed by atoms with E-state index in [-0.39, 0.29) is 0 Å². The van der Waals surface area contributed by atoms with Crippen LogP contribution in [0.2, 0.25) is 0 Å². The van der Waals surface area contributed by atoms with E-state index in [1.54, 1.807) is 0 Å². The lowest BCUT2D eigenvalue weighted by Crippen LogP contribution is -1.95. The third-order valence-electron chi connectivity index (χ3n) is 2.82. The van der Waals surface area contributed by atoms with Crippen LogP contribution in [0.4, 0.5) is 5.69 Å². The van der Waals surface area contributed by atoms with E-state index in [0.717, 1.165) is 22.2 Å². The molecule has 0 bridgehead atoms. The minimum atomic E-state index is 0.471. The van der Waals surface area contributed by atoms with Crippen molar-refractivity contribution in [1.29, 1.82) is 0 Å². The Morgan fingerprint density at radius 3 is 3.00 bits per heavy atom. The molecule has 0 saturated carbocycles. The third-order valence-corrected chi connectivity index (χ3v) is 4.84. The van der Waals surface area contributed by atoms with Crippen LogP contribution < -0.4 is 5.73 Å². The Morgan fingerprint density at radius 1 is 1.47 bits per heavy atom. The van der Waals surface area contributed by atoms with Gasteiger partial charge in [-0.2, -0.15) is 16.7 Å². The summed E-state index contributed by atoms with van der Waals surface area (Å²) < 4.78 is 6.11. The molecule has 0 aliphatic heterocycles. The van der Waals surface area contributed by atoms with E-state index in [2.05, 4.69) is 39.9 Å². The van der Waals surface area contributed by atoms with Crippen LogP contribution in [0.15, 0.2) is 27.2 Å². The maximum atomic E-state index is 5.99. The highest BCUT2D eigenvalue weighted by Crippen LogP contribution is 2.31. The molecule has 102 valence electrons. The van der Waals surface area contributed by atoms with Gasteiger partial charge in [0.25, 0.3) is 5.89 Å². The van der Waals surface area contributed by atoms with Gasteiger partial charge >= 0.3 is 0 Å². The molecule has 1 aromatic heterocycles. The van der Waals surface area contributed by atoms with E-state index in [1.807, 2.05) is 30.0 Å². The Labute approximate surface area is 125 Å². The van der Waals surface area contributed by atoms with Crippen molar-refractivity contribution in [3.63, 3.8) is 0 Å². The minimum Gasteiger partial charge on any atom is -0.397 e. The van der Waals surface area contributed by atoms with Crippen LogP contribution in [0.1, 0.15) is 26.1 Å². The smallest absolute Gasteiger partial charge is 0.260 e. The van der Waals surface area contributed by atoms with Crippen molar-refractivity contribution in [1.82, 2.24) is 10.1 Å². The molecule has 6 heteroatoms. The Morgan fingerprint density at radius 2 is 2.26 bits per heavy atom. The first kappa shape index (κ1) is 14.4. The van der Waals surface area contributed by atoms with Crippen molar-refractivity contribution in [2.45, 2.75) is 31.3 Å². The number of hydrogen-bond donors (Lipinski definition) is 1. The normalized spacial score (nSPS) is 12.6. The van der Waals surface area contributed by atoms with Crippen molar-refractivity contribution >= 4 is 33.4 Å². The first-order valence-corrected chi connectivity index (χ1v) is 7.94. The van der Waals surface area contributed by atoms with Gasteiger partial charge in [-0.3, -0.25) is 0 Å². The van der Waals surface area contributed by atoms with E-state index in [4.69, 9.17) is 10.3 Å². The molecule has 0 amide bonds. The summed E-state index contributed by atoms with van der Waals surface area (Å²) in [7, 11) is 0. The third kappa shape index (κ3) is 3.51. The number of aromatic nitrogens is 2. The van der Waals surface area contributed by atoms with Crippen LogP contribution in [0, 0.1) is 0 Å². The molecule has 2 aromatic rings. The number of nitrogens with two attached hydrogens (primary N) is 1. The lowest BCUT2D eigenvalue weighted by Gasteiger charge is -2.04. The molecule has 1 heterocycles. The summed E-state index contributed by atoms with van der Waals surface area (Å²) >= 11 is 5.21. The summed E-state index contributed by atoms with van der Waals surface area (Å²) in [6.45, 7) is 4.36. The van der Waals surface area contributed by atoms with Gasteiger partial charge in [0.05, 0.1) is 17.0 Å². The Kier molecular flexibility index (Phi) is 4.87. The van der Waals surface area contributed by atoms with E-state index < -0.39 is 0 Å². The molecule has 2 rings (SSSR count). The zero-order valence-corrected chi connectivity index (χ0v) is 13.3. The van der Waals surface area contributed by atoms with Crippen molar-refractivity contribution in [3.8, 4) is 11.5 Å². The summed E-state index contributed by atoms with van der Waals surface area (Å²) in [6, 6.07) is 5.65. The van der Waals surface area contributed by atoms with Crippen LogP contribution in [-0.2, 0) is 5.75 Å². The molecule has 19 heavy (non-hydrogen) atoms. The van der Waals surface area contributed by atoms with Gasteiger partial charge in [0.2, 0.25) is 0 Å². The summed E-state index contributed by atoms with van der Waals surface area (Å²) in [5.41, 5.74) is 7.37. The van der Waals surface area contributed by atoms with E-state index in [9.17, 15) is 0 Å². The molecule has 1 aromatic carbocycles. The number of rotatable bonds is 5. The van der Waals surface area contributed by atoms with Crippen LogP contribution >= 0.6 is 27.7 Å². The maximum absolute atomic E-state index is 5.99. The molecule has 1 unspecified atom stereocenters. The van der Waals surface area contributed by atoms with Crippen molar-refractivity contribution in [3.05, 3.63) is 28.5 Å². The number of halogens is 1. The number of anilines is 1. The molecular formula is C13H16BrN3OS. The van der Waals surface area contributed by atoms with Crippen LogP contribution in [0.5, 0.6) is 0 Å². The first-order chi connectivity index (χ1) is 9.11. The van der Waals surface area contributed by atoms with Gasteiger partial charge in [-0.25, -0.2) is 0 Å². The largest absolute Gasteiger partial charge is 0.397 e. The maximum Gasteiger partial charge on any atom is 0.260 e. The van der Waals surface area contributed by atoms with E-state index in [0.29, 0.717) is 22.7 Å². The van der Waals surface area contributed by atoms with Gasteiger partial charge in [0, 0.05) is 9.72 Å². The van der Waals surface area contributed by atoms with E-state index in [1.165, 1.54) is 0 Å². The molecule has 0 aliphatic carbocycles. The zero-order valence-electron chi connectivity index (χ0n) is 10.9. The Bertz CT molecular complexity index is 559. The van der Waals surface area contributed by atoms with Gasteiger partial charge in [0.15, 0.2) is 5.82 Å². The second kappa shape index (κ2) is 6.43. The topological polar surface area (TPSA) is 64.9 Å². The predicted molar refractivity (Wildman–Crippen MR) is 82.9 cm³/mol. The fourth-order valence-electron chi connectivity index (χ4n) is 1.48. The fraction of sp³-hybridized carbons (Fsp3) is 0.385. The number of nitrogen functional groups attached to an aromatic ring is 1. The first-order valence-electron chi connectivity index (χ1n) is 6.10. The summed E-state index contributed by atoms with van der Waals surface area (Å²) in [4.78, 5) is 4.39. The summed E-state index contributed by atoms with van der Waals surface area (Å²) in [5.74, 6) is 1.94. The number of nitrogens with zero attached hydrogens (tertiary/aromatic N) is 2. The van der Waals surface area contributed by atoms with Crippen molar-refractivity contribution < 1.29 is 4.52 Å². The number of hydrogen-bond acceptors (Lipinski definition) is 5. The highest BCUT2D eigenvalue weighted by molar-refractivity contribution is 9.10. The molecule has 2 N–H and O–H groups in total. The lowest BCUT2D eigenvalue weighted by atomic mass is 10.2. The zero-order chi connectivity index (χ0) is 13.8. The molecule has 0 fully saturated rings. The molecular weight excluding hydrogens is 326 g/mol. The molecule has 0 saturated heterocycles. The molecule has 0 aliphatic rings. The number of thioether (sulfide) groups is 1. The molecule has 0 spiro atoms. The van der Waals surface area contributed by atoms with Gasteiger partial charge < -0.3 is 10.3 Å².